The number of ether oxygens (including phenoxy) is 1. The number of carbonyl (C=O) groups is 2. The Morgan fingerprint density at radius 3 is 2.44 bits per heavy atom. The van der Waals surface area contributed by atoms with Gasteiger partial charge in [-0.2, -0.15) is 0 Å². The number of aliphatic hydroxyl groups excluding tert-OH is 1. The van der Waals surface area contributed by atoms with E-state index >= 15 is 0 Å². The van der Waals surface area contributed by atoms with Crippen molar-refractivity contribution in [1.29, 1.82) is 0 Å². The smallest absolute Gasteiger partial charge is 0.295 e. The van der Waals surface area contributed by atoms with E-state index in [-0.39, 0.29) is 11.3 Å². The summed E-state index contributed by atoms with van der Waals surface area (Å²) in [7, 11) is 3.93. The second-order valence-corrected chi connectivity index (χ2v) is 9.03. The number of ketones is 1. The van der Waals surface area contributed by atoms with E-state index < -0.39 is 17.7 Å². The highest BCUT2D eigenvalue weighted by molar-refractivity contribution is 9.10. The highest BCUT2D eigenvalue weighted by Gasteiger charge is 2.45. The number of halogens is 1. The Bertz CT molecular complexity index is 1030. The molecule has 7 heteroatoms. The standard InChI is InChI=1S/C25H29BrN2O4/c1-5-32-20-12-9-18(15-16(20)2)23(29)21-22(17-7-10-19(26)11-8-17)28(25(31)24(21)30)14-6-13-27(3)4/h7-12,15,22,29H,5-6,13-14H2,1-4H3/t22-/m1/s1. The van der Waals surface area contributed by atoms with Crippen LogP contribution in [0.5, 0.6) is 5.75 Å². The van der Waals surface area contributed by atoms with Crippen molar-refractivity contribution < 1.29 is 19.4 Å². The molecule has 2 aromatic rings. The van der Waals surface area contributed by atoms with Gasteiger partial charge in [0.25, 0.3) is 11.7 Å². The Balaban J connectivity index is 2.08. The first-order chi connectivity index (χ1) is 15.2. The van der Waals surface area contributed by atoms with Gasteiger partial charge in [0.2, 0.25) is 0 Å². The first-order valence-electron chi connectivity index (χ1n) is 10.7. The van der Waals surface area contributed by atoms with Crippen molar-refractivity contribution in [3.63, 3.8) is 0 Å². The van der Waals surface area contributed by atoms with Crippen LogP contribution in [0.15, 0.2) is 52.5 Å². The fourth-order valence-electron chi connectivity index (χ4n) is 3.93. The molecule has 6 nitrogen and oxygen atoms in total. The number of benzene rings is 2. The molecule has 2 aromatic carbocycles. The third-order valence-corrected chi connectivity index (χ3v) is 6.01. The van der Waals surface area contributed by atoms with Crippen LogP contribution in [-0.4, -0.2) is 60.4 Å². The number of amides is 1. The van der Waals surface area contributed by atoms with Crippen LogP contribution in [-0.2, 0) is 9.59 Å². The Kier molecular flexibility index (Phi) is 7.74. The van der Waals surface area contributed by atoms with Gasteiger partial charge in [-0.3, -0.25) is 9.59 Å². The maximum Gasteiger partial charge on any atom is 0.295 e. The average Bonchev–Trinajstić information content (AvgIpc) is 3.00. The third-order valence-electron chi connectivity index (χ3n) is 5.48. The maximum atomic E-state index is 13.1. The van der Waals surface area contributed by atoms with E-state index in [9.17, 15) is 14.7 Å². The molecule has 1 fully saturated rings. The largest absolute Gasteiger partial charge is 0.507 e. The third kappa shape index (κ3) is 5.05. The molecule has 32 heavy (non-hydrogen) atoms. The van der Waals surface area contributed by atoms with Crippen molar-refractivity contribution in [1.82, 2.24) is 9.80 Å². The molecule has 1 heterocycles. The topological polar surface area (TPSA) is 70.1 Å². The number of aliphatic hydroxyl groups is 1. The highest BCUT2D eigenvalue weighted by atomic mass is 79.9. The van der Waals surface area contributed by atoms with Crippen molar-refractivity contribution in [2.45, 2.75) is 26.3 Å². The Morgan fingerprint density at radius 2 is 1.84 bits per heavy atom. The second kappa shape index (κ2) is 10.3. The van der Waals surface area contributed by atoms with E-state index in [0.29, 0.717) is 18.7 Å². The number of likely N-dealkylation sites (tertiary alicyclic amines) is 1. The van der Waals surface area contributed by atoms with Crippen molar-refractivity contribution in [2.24, 2.45) is 0 Å². The molecule has 170 valence electrons. The first-order valence-corrected chi connectivity index (χ1v) is 11.5. The zero-order valence-corrected chi connectivity index (χ0v) is 20.5. The minimum Gasteiger partial charge on any atom is -0.507 e. The molecule has 1 N–H and O–H groups in total. The van der Waals surface area contributed by atoms with Gasteiger partial charge in [0, 0.05) is 16.6 Å². The molecule has 0 spiro atoms. The predicted octanol–water partition coefficient (Wildman–Crippen LogP) is 4.53. The molecule has 1 atom stereocenters. The lowest BCUT2D eigenvalue weighted by Gasteiger charge is -2.26. The lowest BCUT2D eigenvalue weighted by Crippen LogP contribution is -2.32. The number of nitrogens with zero attached hydrogens (tertiary/aromatic N) is 2. The van der Waals surface area contributed by atoms with Gasteiger partial charge in [-0.05, 0) is 82.4 Å². The molecule has 3 rings (SSSR count). The minimum atomic E-state index is -0.660. The van der Waals surface area contributed by atoms with Gasteiger partial charge < -0.3 is 19.6 Å². The molecule has 1 saturated heterocycles. The van der Waals surface area contributed by atoms with Crippen LogP contribution < -0.4 is 4.74 Å². The summed E-state index contributed by atoms with van der Waals surface area (Å²) in [6, 6.07) is 12.1. The number of carbonyl (C=O) groups excluding carboxylic acids is 2. The fourth-order valence-corrected chi connectivity index (χ4v) is 4.19. The SMILES string of the molecule is CCOc1ccc(C(O)=C2C(=O)C(=O)N(CCCN(C)C)[C@@H]2c2ccc(Br)cc2)cc1C. The molecule has 1 aliphatic rings. The molecule has 1 amide bonds. The zero-order valence-electron chi connectivity index (χ0n) is 18.9. The summed E-state index contributed by atoms with van der Waals surface area (Å²) >= 11 is 3.43. The average molecular weight is 501 g/mol. The van der Waals surface area contributed by atoms with Gasteiger partial charge in [0.05, 0.1) is 18.2 Å². The van der Waals surface area contributed by atoms with Gasteiger partial charge >= 0.3 is 0 Å². The maximum absolute atomic E-state index is 13.1. The van der Waals surface area contributed by atoms with Crippen LogP contribution in [0.3, 0.4) is 0 Å². The van der Waals surface area contributed by atoms with Crippen LogP contribution in [0.2, 0.25) is 0 Å². The van der Waals surface area contributed by atoms with Gasteiger partial charge in [0.1, 0.15) is 11.5 Å². The number of rotatable bonds is 8. The highest BCUT2D eigenvalue weighted by Crippen LogP contribution is 2.40. The van der Waals surface area contributed by atoms with Crippen molar-refractivity contribution >= 4 is 33.4 Å². The zero-order chi connectivity index (χ0) is 23.4. The van der Waals surface area contributed by atoms with Crippen LogP contribution >= 0.6 is 15.9 Å². The molecular formula is C25H29BrN2O4. The summed E-state index contributed by atoms with van der Waals surface area (Å²) < 4.78 is 6.48. The molecule has 0 unspecified atom stereocenters. The van der Waals surface area contributed by atoms with Gasteiger partial charge in [0.15, 0.2) is 0 Å². The lowest BCUT2D eigenvalue weighted by atomic mass is 9.95. The summed E-state index contributed by atoms with van der Waals surface area (Å²) in [5.74, 6) is -0.692. The molecular weight excluding hydrogens is 472 g/mol. The summed E-state index contributed by atoms with van der Waals surface area (Å²) in [5, 5.41) is 11.2. The summed E-state index contributed by atoms with van der Waals surface area (Å²) in [6.07, 6.45) is 0.718. The van der Waals surface area contributed by atoms with E-state index in [1.54, 1.807) is 23.1 Å². The van der Waals surface area contributed by atoms with E-state index in [2.05, 4.69) is 15.9 Å². The lowest BCUT2D eigenvalue weighted by molar-refractivity contribution is -0.139. The Hall–Kier alpha value is -2.64. The molecule has 1 aliphatic heterocycles. The molecule has 0 radical (unpaired) electrons. The van der Waals surface area contributed by atoms with Crippen LogP contribution in [0.4, 0.5) is 0 Å². The number of hydrogen-bond acceptors (Lipinski definition) is 5. The van der Waals surface area contributed by atoms with Gasteiger partial charge in [-0.15, -0.1) is 0 Å². The molecule has 0 bridgehead atoms. The Morgan fingerprint density at radius 1 is 1.16 bits per heavy atom. The van der Waals surface area contributed by atoms with Gasteiger partial charge in [-0.1, -0.05) is 28.1 Å². The van der Waals surface area contributed by atoms with Crippen LogP contribution in [0, 0.1) is 6.92 Å². The van der Waals surface area contributed by atoms with Crippen molar-refractivity contribution in [3.05, 3.63) is 69.2 Å². The summed E-state index contributed by atoms with van der Waals surface area (Å²) in [4.78, 5) is 29.7. The first kappa shape index (κ1) is 24.0. The van der Waals surface area contributed by atoms with Crippen molar-refractivity contribution in [2.75, 3.05) is 33.8 Å². The molecule has 0 aromatic heterocycles. The fraction of sp³-hybridized carbons (Fsp3) is 0.360. The van der Waals surface area contributed by atoms with E-state index in [0.717, 1.165) is 34.3 Å². The molecule has 0 saturated carbocycles. The van der Waals surface area contributed by atoms with Crippen molar-refractivity contribution in [3.8, 4) is 5.75 Å². The van der Waals surface area contributed by atoms with E-state index in [1.807, 2.05) is 57.1 Å². The minimum absolute atomic E-state index is 0.116. The number of hydrogen-bond donors (Lipinski definition) is 1. The summed E-state index contributed by atoms with van der Waals surface area (Å²) in [5.41, 5.74) is 2.22. The Labute approximate surface area is 197 Å². The second-order valence-electron chi connectivity index (χ2n) is 8.11. The number of Topliss-reactive ketones (excluding diaryl/α,β-unsaturated/α-hetero) is 1. The number of aryl methyl sites for hydroxylation is 1. The predicted molar refractivity (Wildman–Crippen MR) is 129 cm³/mol. The quantitative estimate of drug-likeness (QED) is 0.327. The van der Waals surface area contributed by atoms with Crippen LogP contribution in [0.25, 0.3) is 5.76 Å². The van der Waals surface area contributed by atoms with Gasteiger partial charge in [-0.25, -0.2) is 0 Å². The molecule has 0 aliphatic carbocycles. The van der Waals surface area contributed by atoms with E-state index in [4.69, 9.17) is 4.74 Å². The van der Waals surface area contributed by atoms with Crippen LogP contribution in [0.1, 0.15) is 36.1 Å². The monoisotopic (exact) mass is 500 g/mol. The van der Waals surface area contributed by atoms with E-state index in [1.165, 1.54) is 0 Å². The normalized spacial score (nSPS) is 17.9. The summed E-state index contributed by atoms with van der Waals surface area (Å²) in [6.45, 7) is 5.53.